The number of rotatable bonds is 4. The van der Waals surface area contributed by atoms with Crippen molar-refractivity contribution in [3.05, 3.63) is 22.9 Å². The van der Waals surface area contributed by atoms with Crippen LogP contribution in [0.15, 0.2) is 11.2 Å². The summed E-state index contributed by atoms with van der Waals surface area (Å²) >= 11 is 0. The topological polar surface area (TPSA) is 80.7 Å². The van der Waals surface area contributed by atoms with Crippen LogP contribution in [0.4, 0.5) is 0 Å². The highest BCUT2D eigenvalue weighted by molar-refractivity contribution is 5.99. The van der Waals surface area contributed by atoms with E-state index in [0.29, 0.717) is 24.0 Å². The van der Waals surface area contributed by atoms with E-state index in [2.05, 4.69) is 24.0 Å². The number of nitrogens with zero attached hydrogens (tertiary/aromatic N) is 2. The molecule has 2 rings (SSSR count). The highest BCUT2D eigenvalue weighted by Crippen LogP contribution is 2.26. The largest absolute Gasteiger partial charge is 0.477 e. The number of nitrogens with two attached hydrogens (primary N) is 1. The molecule has 0 saturated heterocycles. The lowest BCUT2D eigenvalue weighted by Crippen LogP contribution is -2.19. The lowest BCUT2D eigenvalue weighted by atomic mass is 9.95. The van der Waals surface area contributed by atoms with Crippen molar-refractivity contribution >= 4 is 5.84 Å². The molecule has 1 aliphatic rings. The monoisotopic (exact) mass is 263 g/mol. The van der Waals surface area contributed by atoms with E-state index in [4.69, 9.17) is 15.7 Å². The Morgan fingerprint density at radius 3 is 2.89 bits per heavy atom. The molecule has 0 fully saturated rings. The second-order valence-corrected chi connectivity index (χ2v) is 5.34. The van der Waals surface area contributed by atoms with Gasteiger partial charge >= 0.3 is 0 Å². The van der Waals surface area contributed by atoms with Gasteiger partial charge in [0.25, 0.3) is 0 Å². The summed E-state index contributed by atoms with van der Waals surface area (Å²) in [7, 11) is 0. The molecule has 1 aromatic heterocycles. The Hall–Kier alpha value is -1.78. The van der Waals surface area contributed by atoms with Gasteiger partial charge in [0.05, 0.1) is 12.2 Å². The van der Waals surface area contributed by atoms with E-state index in [1.165, 1.54) is 5.56 Å². The maximum Gasteiger partial charge on any atom is 0.224 e. The van der Waals surface area contributed by atoms with E-state index in [-0.39, 0.29) is 5.84 Å². The van der Waals surface area contributed by atoms with Crippen molar-refractivity contribution in [1.82, 2.24) is 4.98 Å². The molecule has 0 spiro atoms. The highest BCUT2D eigenvalue weighted by atomic mass is 16.5. The third-order valence-corrected chi connectivity index (χ3v) is 3.20. The third kappa shape index (κ3) is 3.16. The van der Waals surface area contributed by atoms with Crippen molar-refractivity contribution in [2.45, 2.75) is 39.5 Å². The second-order valence-electron chi connectivity index (χ2n) is 5.34. The first-order chi connectivity index (χ1) is 9.11. The van der Waals surface area contributed by atoms with Crippen LogP contribution in [0.5, 0.6) is 5.88 Å². The maximum absolute atomic E-state index is 8.87. The Labute approximate surface area is 113 Å². The van der Waals surface area contributed by atoms with E-state index in [1.54, 1.807) is 0 Å². The molecule has 104 valence electrons. The molecule has 5 heteroatoms. The molecule has 5 nitrogen and oxygen atoms in total. The van der Waals surface area contributed by atoms with Crippen LogP contribution in [0.1, 0.15) is 43.5 Å². The fourth-order valence-corrected chi connectivity index (χ4v) is 2.21. The summed E-state index contributed by atoms with van der Waals surface area (Å²) in [5.74, 6) is 0.933. The summed E-state index contributed by atoms with van der Waals surface area (Å²) in [6.07, 6.45) is 4.30. The van der Waals surface area contributed by atoms with Crippen LogP contribution in [0.3, 0.4) is 0 Å². The number of aromatic nitrogens is 1. The summed E-state index contributed by atoms with van der Waals surface area (Å²) in [4.78, 5) is 4.56. The lowest BCUT2D eigenvalue weighted by molar-refractivity contribution is 0.259. The first-order valence-electron chi connectivity index (χ1n) is 6.75. The molecule has 0 aromatic carbocycles. The Kier molecular flexibility index (Phi) is 4.24. The quantitative estimate of drug-likeness (QED) is 0.377. The molecule has 0 aliphatic heterocycles. The van der Waals surface area contributed by atoms with Crippen LogP contribution in [0.25, 0.3) is 0 Å². The van der Waals surface area contributed by atoms with Gasteiger partial charge < -0.3 is 15.7 Å². The van der Waals surface area contributed by atoms with Crippen LogP contribution < -0.4 is 10.5 Å². The molecule has 0 radical (unpaired) electrons. The van der Waals surface area contributed by atoms with Gasteiger partial charge in [0, 0.05) is 5.69 Å². The zero-order valence-electron chi connectivity index (χ0n) is 11.5. The number of ether oxygens (including phenoxy) is 1. The molecule has 0 unspecified atom stereocenters. The molecular formula is C14H21N3O2. The Morgan fingerprint density at radius 1 is 1.47 bits per heavy atom. The third-order valence-electron chi connectivity index (χ3n) is 3.20. The Balaban J connectivity index is 2.37. The van der Waals surface area contributed by atoms with Crippen molar-refractivity contribution in [3.63, 3.8) is 0 Å². The first-order valence-corrected chi connectivity index (χ1v) is 6.75. The van der Waals surface area contributed by atoms with Crippen LogP contribution in [0.2, 0.25) is 0 Å². The number of amidine groups is 1. The predicted molar refractivity (Wildman–Crippen MR) is 73.7 cm³/mol. The SMILES string of the molecule is CC(C)COc1nc2c(cc1C(N)=NO)CCCC2. The van der Waals surface area contributed by atoms with Gasteiger partial charge in [0.1, 0.15) is 0 Å². The van der Waals surface area contributed by atoms with Crippen LogP contribution in [-0.2, 0) is 12.8 Å². The second kappa shape index (κ2) is 5.91. The van der Waals surface area contributed by atoms with Crippen molar-refractivity contribution in [1.29, 1.82) is 0 Å². The first kappa shape index (κ1) is 13.6. The summed E-state index contributed by atoms with van der Waals surface area (Å²) in [5, 5.41) is 11.9. The Bertz CT molecular complexity index is 484. The van der Waals surface area contributed by atoms with Crippen LogP contribution in [-0.4, -0.2) is 22.6 Å². The van der Waals surface area contributed by atoms with E-state index < -0.39 is 0 Å². The van der Waals surface area contributed by atoms with E-state index in [9.17, 15) is 0 Å². The minimum Gasteiger partial charge on any atom is -0.477 e. The number of oxime groups is 1. The molecule has 0 saturated carbocycles. The molecule has 0 atom stereocenters. The van der Waals surface area contributed by atoms with Crippen LogP contribution in [0, 0.1) is 5.92 Å². The molecular weight excluding hydrogens is 242 g/mol. The minimum atomic E-state index is 0.0552. The molecule has 1 heterocycles. The van der Waals surface area contributed by atoms with Gasteiger partial charge in [-0.15, -0.1) is 0 Å². The van der Waals surface area contributed by atoms with Crippen molar-refractivity contribution < 1.29 is 9.94 Å². The minimum absolute atomic E-state index is 0.0552. The fourth-order valence-electron chi connectivity index (χ4n) is 2.21. The zero-order chi connectivity index (χ0) is 13.8. The smallest absolute Gasteiger partial charge is 0.224 e. The number of fused-ring (bicyclic) bond motifs is 1. The maximum atomic E-state index is 8.87. The summed E-state index contributed by atoms with van der Waals surface area (Å²) in [6.45, 7) is 4.71. The summed E-state index contributed by atoms with van der Waals surface area (Å²) in [5.41, 5.74) is 8.57. The van der Waals surface area contributed by atoms with Crippen molar-refractivity contribution in [3.8, 4) is 5.88 Å². The molecule has 1 aliphatic carbocycles. The van der Waals surface area contributed by atoms with Gasteiger partial charge in [-0.05, 0) is 43.2 Å². The molecule has 19 heavy (non-hydrogen) atoms. The van der Waals surface area contributed by atoms with E-state index >= 15 is 0 Å². The van der Waals surface area contributed by atoms with E-state index in [1.807, 2.05) is 6.07 Å². The zero-order valence-corrected chi connectivity index (χ0v) is 11.5. The standard InChI is InChI=1S/C14H21N3O2/c1-9(2)8-19-14-11(13(15)17-18)7-10-5-3-4-6-12(10)16-14/h7,9,18H,3-6,8H2,1-2H3,(H2,15,17). The van der Waals surface area contributed by atoms with E-state index in [0.717, 1.165) is 31.4 Å². The molecule has 0 amide bonds. The fraction of sp³-hybridized carbons (Fsp3) is 0.571. The van der Waals surface area contributed by atoms with Gasteiger partial charge in [-0.25, -0.2) is 4.98 Å². The number of pyridine rings is 1. The molecule has 1 aromatic rings. The predicted octanol–water partition coefficient (Wildman–Crippen LogP) is 2.09. The average molecular weight is 263 g/mol. The summed E-state index contributed by atoms with van der Waals surface area (Å²) < 4.78 is 5.70. The van der Waals surface area contributed by atoms with Gasteiger partial charge in [0.15, 0.2) is 5.84 Å². The number of aryl methyl sites for hydroxylation is 2. The summed E-state index contributed by atoms with van der Waals surface area (Å²) in [6, 6.07) is 1.95. The van der Waals surface area contributed by atoms with Crippen molar-refractivity contribution in [2.24, 2.45) is 16.8 Å². The normalized spacial score (nSPS) is 15.4. The highest BCUT2D eigenvalue weighted by Gasteiger charge is 2.18. The van der Waals surface area contributed by atoms with Gasteiger partial charge in [-0.1, -0.05) is 19.0 Å². The van der Waals surface area contributed by atoms with Gasteiger partial charge in [-0.2, -0.15) is 0 Å². The number of hydrogen-bond donors (Lipinski definition) is 2. The van der Waals surface area contributed by atoms with Gasteiger partial charge in [0.2, 0.25) is 5.88 Å². The van der Waals surface area contributed by atoms with Crippen molar-refractivity contribution in [2.75, 3.05) is 6.61 Å². The van der Waals surface area contributed by atoms with Crippen LogP contribution >= 0.6 is 0 Å². The van der Waals surface area contributed by atoms with Gasteiger partial charge in [-0.3, -0.25) is 0 Å². The molecule has 0 bridgehead atoms. The number of hydrogen-bond acceptors (Lipinski definition) is 4. The Morgan fingerprint density at radius 2 is 2.21 bits per heavy atom. The molecule has 3 N–H and O–H groups in total. The average Bonchev–Trinajstić information content (AvgIpc) is 2.43. The lowest BCUT2D eigenvalue weighted by Gasteiger charge is -2.19.